The van der Waals surface area contributed by atoms with Crippen molar-refractivity contribution in [1.29, 1.82) is 0 Å². The number of aromatic hydroxyl groups is 1. The van der Waals surface area contributed by atoms with Gasteiger partial charge in [-0.1, -0.05) is 12.1 Å². The van der Waals surface area contributed by atoms with Crippen molar-refractivity contribution in [1.82, 2.24) is 39.0 Å². The van der Waals surface area contributed by atoms with Crippen LogP contribution < -0.4 is 11.5 Å². The Balaban J connectivity index is 1.16. The van der Waals surface area contributed by atoms with Crippen molar-refractivity contribution in [3.05, 3.63) is 55.1 Å². The molecule has 5 aromatic rings. The Hall–Kier alpha value is -3.89. The van der Waals surface area contributed by atoms with E-state index >= 15 is 8.78 Å². The third-order valence-electron chi connectivity index (χ3n) is 8.45. The SMILES string of the molecule is COP(=O)(O)O[C@H]1[C@@H](F)[C@H](n2cnc3c(N)ncnc32)O[C@@H]1CO[P@@](=O)(O[C@H]1[C@@H](F)[C@H](n2cnc3c(N)ncnc32)O[C@@H]1C)SCc1ccc(O)cc1. The summed E-state index contributed by atoms with van der Waals surface area (Å²) in [7, 11) is -3.95. The number of nitrogens with zero attached hydrogens (tertiary/aromatic N) is 8. The molecule has 25 heteroatoms. The molecule has 0 aliphatic carbocycles. The van der Waals surface area contributed by atoms with Crippen LogP contribution in [0.15, 0.2) is 49.6 Å². The van der Waals surface area contributed by atoms with Gasteiger partial charge >= 0.3 is 14.6 Å². The summed E-state index contributed by atoms with van der Waals surface area (Å²) in [6.45, 7) is -3.72. The van der Waals surface area contributed by atoms with E-state index in [-0.39, 0.29) is 45.5 Å². The van der Waals surface area contributed by atoms with E-state index in [1.54, 1.807) is 12.1 Å². The predicted molar refractivity (Wildman–Crippen MR) is 182 cm³/mol. The molecular formula is C28H32F2N10O10P2S. The fourth-order valence-electron chi connectivity index (χ4n) is 5.80. The number of benzene rings is 1. The number of imidazole rings is 2. The number of nitrogens with two attached hydrogens (primary N) is 2. The number of phosphoric ester groups is 1. The lowest BCUT2D eigenvalue weighted by Crippen LogP contribution is -2.34. The second-order valence-corrected chi connectivity index (χ2v) is 17.4. The average Bonchev–Trinajstić information content (AvgIpc) is 3.90. The quantitative estimate of drug-likeness (QED) is 0.124. The van der Waals surface area contributed by atoms with Crippen molar-refractivity contribution in [2.45, 2.75) is 61.9 Å². The highest BCUT2D eigenvalue weighted by Crippen LogP contribution is 2.64. The fraction of sp³-hybridized carbons (Fsp3) is 0.429. The minimum absolute atomic E-state index is 0.00599. The van der Waals surface area contributed by atoms with E-state index in [1.807, 2.05) is 0 Å². The number of aromatic nitrogens is 8. The number of anilines is 2. The standard InChI is InChI=1S/C28H32F2N10O10P2S/c1-13-21(17(29)27(47-13)39-11-37-19-23(31)33-9-35-25(19)39)50-52(44,53-8-14-3-5-15(41)6-4-14)46-7-16-22(49-51(42,43)45-2)18(30)28(48-16)40-12-38-20-24(32)34-10-36-26(20)40/h3-6,9-13,16-18,21-22,27-28,41H,7-8H2,1-2H3,(H,42,43)(H2,31,33,35)(H2,32,34,36)/t13-,16-,17-,18-,21-,22-,27-,28-,52+/m1/s1. The Morgan fingerprint density at radius 1 is 0.868 bits per heavy atom. The first kappa shape index (κ1) is 37.4. The van der Waals surface area contributed by atoms with Gasteiger partial charge in [-0.3, -0.25) is 27.2 Å². The number of hydrogen-bond acceptors (Lipinski definition) is 18. The topological polar surface area (TPSA) is 269 Å². The van der Waals surface area contributed by atoms with Crippen molar-refractivity contribution >= 4 is 60.0 Å². The molecular weight excluding hydrogens is 768 g/mol. The largest absolute Gasteiger partial charge is 0.508 e. The molecule has 6 heterocycles. The fourth-order valence-corrected chi connectivity index (χ4v) is 9.87. The van der Waals surface area contributed by atoms with E-state index in [2.05, 4.69) is 34.4 Å². The number of halogens is 2. The molecule has 10 atom stereocenters. The second-order valence-electron chi connectivity index (χ2n) is 11.8. The number of ether oxygens (including phenoxy) is 2. The first-order chi connectivity index (χ1) is 25.3. The minimum Gasteiger partial charge on any atom is -0.508 e. The maximum absolute atomic E-state index is 16.3. The van der Waals surface area contributed by atoms with Crippen LogP contribution in [0.4, 0.5) is 20.4 Å². The third-order valence-corrected chi connectivity index (χ3v) is 13.1. The van der Waals surface area contributed by atoms with E-state index in [0.29, 0.717) is 16.9 Å². The molecule has 1 aromatic carbocycles. The van der Waals surface area contributed by atoms with Crippen molar-refractivity contribution in [2.24, 2.45) is 0 Å². The normalized spacial score (nSPS) is 28.4. The van der Waals surface area contributed by atoms with Crippen molar-refractivity contribution in [3.63, 3.8) is 0 Å². The van der Waals surface area contributed by atoms with Gasteiger partial charge in [0.05, 0.1) is 25.4 Å². The maximum Gasteiger partial charge on any atom is 0.472 e. The van der Waals surface area contributed by atoms with Gasteiger partial charge in [0, 0.05) is 12.9 Å². The lowest BCUT2D eigenvalue weighted by molar-refractivity contribution is -0.0446. The summed E-state index contributed by atoms with van der Waals surface area (Å²) in [5.74, 6) is 0.0608. The summed E-state index contributed by atoms with van der Waals surface area (Å²) in [5.41, 5.74) is 13.0. The monoisotopic (exact) mass is 800 g/mol. The number of hydrogen-bond donors (Lipinski definition) is 4. The Bertz CT molecular complexity index is 2200. The predicted octanol–water partition coefficient (Wildman–Crippen LogP) is 3.60. The van der Waals surface area contributed by atoms with E-state index in [4.69, 9.17) is 34.5 Å². The summed E-state index contributed by atoms with van der Waals surface area (Å²) < 4.78 is 95.4. The number of fused-ring (bicyclic) bond motifs is 2. The zero-order valence-corrected chi connectivity index (χ0v) is 30.2. The van der Waals surface area contributed by atoms with Gasteiger partial charge < -0.3 is 30.9 Å². The van der Waals surface area contributed by atoms with Crippen LogP contribution in [0, 0.1) is 0 Å². The molecule has 6 N–H and O–H groups in total. The van der Waals surface area contributed by atoms with Gasteiger partial charge in [0.1, 0.15) is 47.7 Å². The summed E-state index contributed by atoms with van der Waals surface area (Å²) >= 11 is 0.668. The van der Waals surface area contributed by atoms with E-state index < -0.39 is 70.4 Å². The molecule has 1 unspecified atom stereocenters. The molecule has 0 amide bonds. The molecule has 2 aliphatic rings. The van der Waals surface area contributed by atoms with Gasteiger partial charge in [-0.25, -0.2) is 47.8 Å². The van der Waals surface area contributed by atoms with Gasteiger partial charge in [-0.05, 0) is 36.0 Å². The number of phenols is 1. The van der Waals surface area contributed by atoms with E-state index in [9.17, 15) is 19.1 Å². The number of nitrogen functional groups attached to an aromatic ring is 2. The van der Waals surface area contributed by atoms with Crippen LogP contribution in [-0.4, -0.2) is 99.5 Å². The smallest absolute Gasteiger partial charge is 0.472 e. The lowest BCUT2D eigenvalue weighted by Gasteiger charge is -2.26. The maximum atomic E-state index is 16.3. The highest BCUT2D eigenvalue weighted by Gasteiger charge is 2.53. The Morgan fingerprint density at radius 3 is 2.02 bits per heavy atom. The second kappa shape index (κ2) is 14.7. The van der Waals surface area contributed by atoms with Gasteiger partial charge in [0.2, 0.25) is 0 Å². The number of phosphoric acid groups is 1. The molecule has 0 radical (unpaired) electrons. The van der Waals surface area contributed by atoms with Crippen LogP contribution in [0.5, 0.6) is 5.75 Å². The molecule has 284 valence electrons. The van der Waals surface area contributed by atoms with E-state index in [0.717, 1.165) is 13.4 Å². The van der Waals surface area contributed by atoms with Crippen LogP contribution in [0.3, 0.4) is 0 Å². The number of alkyl halides is 2. The Labute approximate surface area is 302 Å². The lowest BCUT2D eigenvalue weighted by atomic mass is 10.1. The van der Waals surface area contributed by atoms with Gasteiger partial charge in [0.15, 0.2) is 47.7 Å². The Morgan fingerprint density at radius 2 is 1.43 bits per heavy atom. The summed E-state index contributed by atoms with van der Waals surface area (Å²) in [5, 5.41) is 9.72. The average molecular weight is 801 g/mol. The molecule has 4 aromatic heterocycles. The summed E-state index contributed by atoms with van der Waals surface area (Å²) in [6.07, 6.45) is -8.06. The van der Waals surface area contributed by atoms with Gasteiger partial charge in [0.25, 0.3) is 0 Å². The van der Waals surface area contributed by atoms with Gasteiger partial charge in [-0.2, -0.15) is 0 Å². The molecule has 20 nitrogen and oxygen atoms in total. The molecule has 53 heavy (non-hydrogen) atoms. The molecule has 2 fully saturated rings. The Kier molecular flexibility index (Phi) is 10.4. The molecule has 2 aliphatic heterocycles. The van der Waals surface area contributed by atoms with E-state index in [1.165, 1.54) is 47.2 Å². The van der Waals surface area contributed by atoms with Crippen molar-refractivity contribution in [3.8, 4) is 5.75 Å². The summed E-state index contributed by atoms with van der Waals surface area (Å²) in [4.78, 5) is 34.4. The number of phenolic OH excluding ortho intramolecular Hbond substituents is 1. The third kappa shape index (κ3) is 7.46. The zero-order chi connectivity index (χ0) is 37.7. The van der Waals surface area contributed by atoms with Crippen LogP contribution in [-0.2, 0) is 42.5 Å². The van der Waals surface area contributed by atoms with Crippen molar-refractivity contribution in [2.75, 3.05) is 25.2 Å². The first-order valence-electron chi connectivity index (χ1n) is 15.6. The van der Waals surface area contributed by atoms with Crippen LogP contribution in [0.1, 0.15) is 24.9 Å². The van der Waals surface area contributed by atoms with Crippen LogP contribution in [0.25, 0.3) is 22.3 Å². The van der Waals surface area contributed by atoms with Crippen LogP contribution in [0.2, 0.25) is 0 Å². The first-order valence-corrected chi connectivity index (χ1v) is 20.3. The molecule has 0 spiro atoms. The van der Waals surface area contributed by atoms with Gasteiger partial charge in [-0.15, -0.1) is 0 Å². The van der Waals surface area contributed by atoms with Crippen molar-refractivity contribution < 1.29 is 55.5 Å². The minimum atomic E-state index is -4.83. The molecule has 0 bridgehead atoms. The highest BCUT2D eigenvalue weighted by atomic mass is 32.7. The zero-order valence-electron chi connectivity index (χ0n) is 27.6. The van der Waals surface area contributed by atoms with Crippen LogP contribution >= 0.6 is 26.0 Å². The number of rotatable bonds is 13. The highest BCUT2D eigenvalue weighted by molar-refractivity contribution is 8.54. The molecule has 0 saturated carbocycles. The summed E-state index contributed by atoms with van der Waals surface area (Å²) in [6, 6.07) is 5.97. The molecule has 2 saturated heterocycles. The molecule has 7 rings (SSSR count).